The van der Waals surface area contributed by atoms with E-state index >= 15 is 0 Å². The van der Waals surface area contributed by atoms with Gasteiger partial charge in [-0.1, -0.05) is 0 Å². The largest absolute Gasteiger partial charge is 0.437 e. The van der Waals surface area contributed by atoms with Crippen molar-refractivity contribution in [3.8, 4) is 0 Å². The maximum atomic E-state index is 12.3. The Morgan fingerprint density at radius 3 is 2.41 bits per heavy atom. The second-order valence-corrected chi connectivity index (χ2v) is 7.95. The zero-order valence-electron chi connectivity index (χ0n) is 17.1. The van der Waals surface area contributed by atoms with Crippen LogP contribution < -0.4 is 0 Å². The van der Waals surface area contributed by atoms with Crippen LogP contribution in [0.25, 0.3) is 0 Å². The number of rotatable bonds is 8. The molecule has 4 rings (SSSR count). The van der Waals surface area contributed by atoms with Crippen LogP contribution in [0.2, 0.25) is 0 Å². The van der Waals surface area contributed by atoms with Crippen LogP contribution in [-0.4, -0.2) is 63.9 Å². The summed E-state index contributed by atoms with van der Waals surface area (Å²) in [6, 6.07) is 5.56. The van der Waals surface area contributed by atoms with Gasteiger partial charge < -0.3 is 18.1 Å². The van der Waals surface area contributed by atoms with Crippen molar-refractivity contribution in [3.05, 3.63) is 56.0 Å². The van der Waals surface area contributed by atoms with Crippen LogP contribution in [0.1, 0.15) is 30.8 Å². The van der Waals surface area contributed by atoms with Gasteiger partial charge in [-0.25, -0.2) is 4.79 Å². The van der Waals surface area contributed by atoms with E-state index in [1.165, 1.54) is 24.4 Å². The van der Waals surface area contributed by atoms with Crippen molar-refractivity contribution >= 4 is 24.1 Å². The summed E-state index contributed by atoms with van der Waals surface area (Å²) in [5.74, 6) is -0.0340. The van der Waals surface area contributed by atoms with Crippen molar-refractivity contribution in [2.24, 2.45) is 5.10 Å². The molecule has 13 heteroatoms. The molecule has 0 saturated carbocycles. The molecule has 0 unspecified atom stereocenters. The normalized spacial score (nSPS) is 20.6. The molecule has 0 aromatic carbocycles. The molecule has 32 heavy (non-hydrogen) atoms. The number of likely N-dealkylation sites (tertiary alicyclic amines) is 1. The van der Waals surface area contributed by atoms with Crippen LogP contribution in [-0.2, 0) is 11.3 Å². The second kappa shape index (κ2) is 8.78. The average molecular weight is 448 g/mol. The van der Waals surface area contributed by atoms with Gasteiger partial charge in [-0.2, -0.15) is 10.1 Å². The number of nitrogens with zero attached hydrogens (tertiary/aromatic N) is 5. The molecule has 2 saturated heterocycles. The Labute approximate surface area is 181 Å². The van der Waals surface area contributed by atoms with Crippen molar-refractivity contribution in [3.63, 3.8) is 0 Å². The van der Waals surface area contributed by atoms with E-state index in [2.05, 4.69) is 5.10 Å². The van der Waals surface area contributed by atoms with Gasteiger partial charge in [0.2, 0.25) is 0 Å². The van der Waals surface area contributed by atoms with Gasteiger partial charge in [0.15, 0.2) is 17.6 Å². The lowest BCUT2D eigenvalue weighted by molar-refractivity contribution is -0.948. The van der Waals surface area contributed by atoms with E-state index in [0.717, 1.165) is 37.4 Å². The predicted octanol–water partition coefficient (Wildman–Crippen LogP) is 3.04. The van der Waals surface area contributed by atoms with Crippen molar-refractivity contribution in [1.82, 2.24) is 5.01 Å². The quantitative estimate of drug-likeness (QED) is 0.258. The van der Waals surface area contributed by atoms with Gasteiger partial charge in [0.25, 0.3) is 0 Å². The van der Waals surface area contributed by atoms with E-state index in [0.29, 0.717) is 23.3 Å². The lowest BCUT2D eigenvalue weighted by Gasteiger charge is -2.41. The van der Waals surface area contributed by atoms with Gasteiger partial charge in [0.1, 0.15) is 22.9 Å². The number of ether oxygens (including phenoxy) is 1. The Morgan fingerprint density at radius 1 is 1.06 bits per heavy atom. The fourth-order valence-electron chi connectivity index (χ4n) is 4.23. The summed E-state index contributed by atoms with van der Waals surface area (Å²) in [6.07, 6.45) is 3.30. The van der Waals surface area contributed by atoms with Gasteiger partial charge >= 0.3 is 17.9 Å². The molecular weight excluding hydrogens is 426 g/mol. The Bertz CT molecular complexity index is 1040. The molecular formula is C19H22N5O8+. The van der Waals surface area contributed by atoms with Crippen molar-refractivity contribution in [2.75, 3.05) is 26.2 Å². The number of amides is 1. The topological polar surface area (TPSA) is 154 Å². The first kappa shape index (κ1) is 21.5. The summed E-state index contributed by atoms with van der Waals surface area (Å²) < 4.78 is 16.5. The summed E-state index contributed by atoms with van der Waals surface area (Å²) in [7, 11) is 0. The Balaban J connectivity index is 1.42. The molecule has 2 aliphatic rings. The van der Waals surface area contributed by atoms with Crippen molar-refractivity contribution < 1.29 is 32.7 Å². The van der Waals surface area contributed by atoms with Crippen molar-refractivity contribution in [2.45, 2.75) is 31.9 Å². The van der Waals surface area contributed by atoms with Crippen LogP contribution in [0, 0.1) is 20.2 Å². The summed E-state index contributed by atoms with van der Waals surface area (Å²) in [5.41, 5.74) is 0. The van der Waals surface area contributed by atoms with Crippen LogP contribution >= 0.6 is 0 Å². The van der Waals surface area contributed by atoms with Gasteiger partial charge in [0, 0.05) is 0 Å². The van der Waals surface area contributed by atoms with Gasteiger partial charge in [-0.15, -0.1) is 0 Å². The molecule has 0 radical (unpaired) electrons. The molecule has 170 valence electrons. The number of nitro groups is 2. The average Bonchev–Trinajstić information content (AvgIpc) is 3.47. The van der Waals surface area contributed by atoms with E-state index in [4.69, 9.17) is 13.6 Å². The lowest BCUT2D eigenvalue weighted by atomic mass is 10.1. The number of hydrazone groups is 1. The highest BCUT2D eigenvalue weighted by Crippen LogP contribution is 2.28. The number of hydrogen-bond acceptors (Lipinski definition) is 9. The van der Waals surface area contributed by atoms with Gasteiger partial charge in [0.05, 0.1) is 38.0 Å². The smallest absolute Gasteiger partial charge is 0.433 e. The minimum Gasteiger partial charge on any atom is -0.437 e. The van der Waals surface area contributed by atoms with Crippen LogP contribution in [0.15, 0.2) is 38.2 Å². The molecule has 4 heterocycles. The third-order valence-electron chi connectivity index (χ3n) is 5.65. The van der Waals surface area contributed by atoms with Crippen LogP contribution in [0.5, 0.6) is 0 Å². The number of hydrogen-bond donors (Lipinski definition) is 0. The summed E-state index contributed by atoms with van der Waals surface area (Å²) >= 11 is 0. The summed E-state index contributed by atoms with van der Waals surface area (Å²) in [4.78, 5) is 32.7. The standard InChI is InChI=1S/C19H22N5O8/c25-19-21(20-10-14-4-6-17(30-14)22(26)27)11-16(32-19)13-24(8-2-1-3-9-24)12-15-5-7-18(31-15)23(28)29/h4-7,10,16H,1-3,8-9,11-13H2/q+1/b20-10+/t16-/m0/s1. The first-order valence-corrected chi connectivity index (χ1v) is 10.2. The molecule has 2 aromatic rings. The molecule has 0 aliphatic carbocycles. The Kier molecular flexibility index (Phi) is 5.90. The maximum absolute atomic E-state index is 12.3. The fourth-order valence-corrected chi connectivity index (χ4v) is 4.23. The Hall–Kier alpha value is -3.74. The summed E-state index contributed by atoms with van der Waals surface area (Å²) in [5, 5.41) is 26.8. The Morgan fingerprint density at radius 2 is 1.75 bits per heavy atom. The molecule has 0 N–H and O–H groups in total. The molecule has 1 atom stereocenters. The molecule has 1 amide bonds. The van der Waals surface area contributed by atoms with Gasteiger partial charge in [-0.3, -0.25) is 20.2 Å². The zero-order valence-corrected chi connectivity index (χ0v) is 17.1. The first-order chi connectivity index (χ1) is 15.3. The maximum Gasteiger partial charge on any atom is 0.433 e. The van der Waals surface area contributed by atoms with Gasteiger partial charge in [-0.05, 0) is 31.4 Å². The minimum atomic E-state index is -0.660. The fraction of sp³-hybridized carbons (Fsp3) is 0.474. The number of carbonyl (C=O) groups is 1. The number of piperidine rings is 1. The van der Waals surface area contributed by atoms with E-state index < -0.39 is 27.9 Å². The molecule has 2 aromatic heterocycles. The molecule has 0 bridgehead atoms. The molecule has 2 aliphatic heterocycles. The van der Waals surface area contributed by atoms with E-state index in [-0.39, 0.29) is 18.2 Å². The minimum absolute atomic E-state index is 0.145. The van der Waals surface area contributed by atoms with Crippen LogP contribution in [0.4, 0.5) is 16.6 Å². The summed E-state index contributed by atoms with van der Waals surface area (Å²) in [6.45, 7) is 2.92. The highest BCUT2D eigenvalue weighted by Gasteiger charge is 2.41. The van der Waals surface area contributed by atoms with E-state index in [1.54, 1.807) is 6.07 Å². The third kappa shape index (κ3) is 4.77. The SMILES string of the molecule is O=C1O[C@H](C[N+]2(Cc3ccc([N+](=O)[O-])o3)CCCCC2)CN1/N=C/c1ccc([N+](=O)[O-])o1. The predicted molar refractivity (Wildman–Crippen MR) is 108 cm³/mol. The molecule has 0 spiro atoms. The third-order valence-corrected chi connectivity index (χ3v) is 5.65. The number of quaternary nitrogens is 1. The van der Waals surface area contributed by atoms with Crippen LogP contribution in [0.3, 0.4) is 0 Å². The molecule has 13 nitrogen and oxygen atoms in total. The number of carbonyl (C=O) groups excluding carboxylic acids is 1. The zero-order chi connectivity index (χ0) is 22.7. The highest BCUT2D eigenvalue weighted by atomic mass is 16.7. The highest BCUT2D eigenvalue weighted by molar-refractivity contribution is 5.78. The second-order valence-electron chi connectivity index (χ2n) is 7.95. The van der Waals surface area contributed by atoms with Crippen molar-refractivity contribution in [1.29, 1.82) is 0 Å². The monoisotopic (exact) mass is 448 g/mol. The number of cyclic esters (lactones) is 1. The lowest BCUT2D eigenvalue weighted by Crippen LogP contribution is -2.54. The number of furan rings is 2. The van der Waals surface area contributed by atoms with E-state index in [9.17, 15) is 25.0 Å². The first-order valence-electron chi connectivity index (χ1n) is 10.2. The molecule has 2 fully saturated rings. The van der Waals surface area contributed by atoms with E-state index in [1.807, 2.05) is 0 Å².